The Balaban J connectivity index is 2.58. The van der Waals surface area contributed by atoms with Gasteiger partial charge in [-0.25, -0.2) is 0 Å². The van der Waals surface area contributed by atoms with Gasteiger partial charge in [0.05, 0.1) is 12.2 Å². The first kappa shape index (κ1) is 9.80. The molecule has 0 aliphatic heterocycles. The molecule has 1 heterocycles. The van der Waals surface area contributed by atoms with E-state index in [4.69, 9.17) is 9.52 Å². The van der Waals surface area contributed by atoms with E-state index in [-0.39, 0.29) is 18.6 Å². The van der Waals surface area contributed by atoms with Crippen LogP contribution >= 0.6 is 0 Å². The Kier molecular flexibility index (Phi) is 3.08. The lowest BCUT2D eigenvalue weighted by Crippen LogP contribution is -2.34. The molecule has 72 valence electrons. The summed E-state index contributed by atoms with van der Waals surface area (Å²) in [5, 5.41) is 11.3. The number of aryl methyl sites for hydroxylation is 1. The van der Waals surface area contributed by atoms with Crippen molar-refractivity contribution in [2.75, 3.05) is 6.61 Å². The Morgan fingerprint density at radius 1 is 1.77 bits per heavy atom. The molecule has 0 aliphatic carbocycles. The van der Waals surface area contributed by atoms with E-state index in [0.717, 1.165) is 0 Å². The first-order valence-corrected chi connectivity index (χ1v) is 4.10. The molecule has 0 aliphatic rings. The van der Waals surface area contributed by atoms with E-state index in [9.17, 15) is 4.79 Å². The molecule has 0 spiro atoms. The van der Waals surface area contributed by atoms with Gasteiger partial charge in [-0.1, -0.05) is 0 Å². The maximum Gasteiger partial charge on any atom is 0.254 e. The van der Waals surface area contributed by atoms with Gasteiger partial charge in [0.15, 0.2) is 0 Å². The molecule has 1 atom stereocenters. The number of nitrogens with one attached hydrogen (secondary N) is 1. The maximum atomic E-state index is 11.3. The molecular weight excluding hydrogens is 170 g/mol. The quantitative estimate of drug-likeness (QED) is 0.725. The summed E-state index contributed by atoms with van der Waals surface area (Å²) in [6.07, 6.45) is 1.40. The lowest BCUT2D eigenvalue weighted by molar-refractivity contribution is 0.0921. The summed E-state index contributed by atoms with van der Waals surface area (Å²) in [4.78, 5) is 11.3. The van der Waals surface area contributed by atoms with E-state index in [1.165, 1.54) is 6.26 Å². The van der Waals surface area contributed by atoms with Gasteiger partial charge in [-0.3, -0.25) is 4.79 Å². The second-order valence-electron chi connectivity index (χ2n) is 3.00. The van der Waals surface area contributed by atoms with Crippen molar-refractivity contribution in [1.29, 1.82) is 0 Å². The van der Waals surface area contributed by atoms with Gasteiger partial charge in [-0.05, 0) is 19.9 Å². The van der Waals surface area contributed by atoms with Gasteiger partial charge in [-0.15, -0.1) is 0 Å². The third-order valence-corrected chi connectivity index (χ3v) is 1.64. The van der Waals surface area contributed by atoms with Crippen LogP contribution in [-0.4, -0.2) is 23.7 Å². The molecule has 0 radical (unpaired) electrons. The first-order chi connectivity index (χ1) is 6.13. The lowest BCUT2D eigenvalue weighted by atomic mass is 10.2. The minimum absolute atomic E-state index is 0.0669. The van der Waals surface area contributed by atoms with Gasteiger partial charge >= 0.3 is 0 Å². The fraction of sp³-hybridized carbons (Fsp3) is 0.444. The van der Waals surface area contributed by atoms with Gasteiger partial charge < -0.3 is 14.8 Å². The van der Waals surface area contributed by atoms with Crippen LogP contribution in [0.2, 0.25) is 0 Å². The van der Waals surface area contributed by atoms with Crippen LogP contribution in [0.3, 0.4) is 0 Å². The third kappa shape index (κ3) is 2.59. The van der Waals surface area contributed by atoms with E-state index in [1.54, 1.807) is 19.9 Å². The van der Waals surface area contributed by atoms with Crippen molar-refractivity contribution in [2.45, 2.75) is 19.9 Å². The van der Waals surface area contributed by atoms with Crippen LogP contribution in [0, 0.1) is 6.92 Å². The van der Waals surface area contributed by atoms with Crippen LogP contribution in [-0.2, 0) is 0 Å². The molecule has 0 unspecified atom stereocenters. The van der Waals surface area contributed by atoms with Gasteiger partial charge in [0.2, 0.25) is 0 Å². The van der Waals surface area contributed by atoms with Crippen molar-refractivity contribution in [1.82, 2.24) is 5.32 Å². The summed E-state index contributed by atoms with van der Waals surface area (Å²) < 4.78 is 4.98. The smallest absolute Gasteiger partial charge is 0.254 e. The van der Waals surface area contributed by atoms with Crippen molar-refractivity contribution in [3.63, 3.8) is 0 Å². The van der Waals surface area contributed by atoms with E-state index in [0.29, 0.717) is 11.3 Å². The van der Waals surface area contributed by atoms with Crippen molar-refractivity contribution in [3.8, 4) is 0 Å². The van der Waals surface area contributed by atoms with Gasteiger partial charge in [-0.2, -0.15) is 0 Å². The number of aliphatic hydroxyl groups excluding tert-OH is 1. The Morgan fingerprint density at radius 2 is 2.46 bits per heavy atom. The summed E-state index contributed by atoms with van der Waals surface area (Å²) in [6.45, 7) is 3.43. The average Bonchev–Trinajstić information content (AvgIpc) is 2.51. The summed E-state index contributed by atoms with van der Waals surface area (Å²) in [5.74, 6) is 0.472. The summed E-state index contributed by atoms with van der Waals surface area (Å²) in [7, 11) is 0. The highest BCUT2D eigenvalue weighted by Gasteiger charge is 2.10. The molecule has 1 aromatic heterocycles. The van der Waals surface area contributed by atoms with Crippen molar-refractivity contribution in [3.05, 3.63) is 23.7 Å². The number of amides is 1. The largest absolute Gasteiger partial charge is 0.469 e. The number of carbonyl (C=O) groups is 1. The molecule has 2 N–H and O–H groups in total. The van der Waals surface area contributed by atoms with Crippen LogP contribution < -0.4 is 5.32 Å². The molecule has 13 heavy (non-hydrogen) atoms. The number of carbonyl (C=O) groups excluding carboxylic acids is 1. The predicted octanol–water partition coefficient (Wildman–Crippen LogP) is 0.699. The highest BCUT2D eigenvalue weighted by molar-refractivity contribution is 5.94. The standard InChI is InChI=1S/C9H13NO3/c1-6(4-11)10-9(12)8-3-7(2)13-5-8/h3,5-6,11H,4H2,1-2H3,(H,10,12)/t6-/m0/s1. The van der Waals surface area contributed by atoms with Crippen LogP contribution in [0.25, 0.3) is 0 Å². The molecule has 1 amide bonds. The Bertz CT molecular complexity index is 293. The molecule has 4 nitrogen and oxygen atoms in total. The summed E-state index contributed by atoms with van der Waals surface area (Å²) in [5.41, 5.74) is 0.484. The molecule has 0 saturated heterocycles. The highest BCUT2D eigenvalue weighted by atomic mass is 16.3. The molecule has 1 rings (SSSR count). The molecular formula is C9H13NO3. The Morgan fingerprint density at radius 3 is 2.92 bits per heavy atom. The Labute approximate surface area is 76.6 Å². The van der Waals surface area contributed by atoms with Crippen LogP contribution in [0.15, 0.2) is 16.7 Å². The number of aliphatic hydroxyl groups is 1. The lowest BCUT2D eigenvalue weighted by Gasteiger charge is -2.08. The number of rotatable bonds is 3. The van der Waals surface area contributed by atoms with E-state index in [1.807, 2.05) is 0 Å². The van der Waals surface area contributed by atoms with Gasteiger partial charge in [0.25, 0.3) is 5.91 Å². The van der Waals surface area contributed by atoms with E-state index in [2.05, 4.69) is 5.32 Å². The second kappa shape index (κ2) is 4.09. The molecule has 0 bridgehead atoms. The van der Waals surface area contributed by atoms with E-state index >= 15 is 0 Å². The molecule has 0 saturated carbocycles. The fourth-order valence-corrected chi connectivity index (χ4v) is 0.915. The summed E-state index contributed by atoms with van der Waals surface area (Å²) >= 11 is 0. The van der Waals surface area contributed by atoms with E-state index < -0.39 is 0 Å². The number of hydrogen-bond acceptors (Lipinski definition) is 3. The molecule has 4 heteroatoms. The van der Waals surface area contributed by atoms with Crippen LogP contribution in [0.4, 0.5) is 0 Å². The van der Waals surface area contributed by atoms with Gasteiger partial charge in [0.1, 0.15) is 12.0 Å². The minimum atomic E-state index is -0.234. The van der Waals surface area contributed by atoms with Crippen LogP contribution in [0.1, 0.15) is 23.0 Å². The maximum absolute atomic E-state index is 11.3. The first-order valence-electron chi connectivity index (χ1n) is 4.10. The molecule has 1 aromatic rings. The Hall–Kier alpha value is -1.29. The topological polar surface area (TPSA) is 62.5 Å². The number of hydrogen-bond donors (Lipinski definition) is 2. The fourth-order valence-electron chi connectivity index (χ4n) is 0.915. The zero-order valence-electron chi connectivity index (χ0n) is 7.70. The van der Waals surface area contributed by atoms with Crippen molar-refractivity contribution < 1.29 is 14.3 Å². The molecule has 0 fully saturated rings. The molecule has 0 aromatic carbocycles. The highest BCUT2D eigenvalue weighted by Crippen LogP contribution is 2.05. The minimum Gasteiger partial charge on any atom is -0.469 e. The van der Waals surface area contributed by atoms with Gasteiger partial charge in [0, 0.05) is 6.04 Å². The summed E-state index contributed by atoms with van der Waals surface area (Å²) in [6, 6.07) is 1.42. The monoisotopic (exact) mass is 183 g/mol. The van der Waals surface area contributed by atoms with Crippen molar-refractivity contribution in [2.24, 2.45) is 0 Å². The third-order valence-electron chi connectivity index (χ3n) is 1.64. The van der Waals surface area contributed by atoms with Crippen molar-refractivity contribution >= 4 is 5.91 Å². The predicted molar refractivity (Wildman–Crippen MR) is 47.5 cm³/mol. The normalized spacial score (nSPS) is 12.5. The van der Waals surface area contributed by atoms with Crippen LogP contribution in [0.5, 0.6) is 0 Å². The zero-order valence-corrected chi connectivity index (χ0v) is 7.70. The zero-order chi connectivity index (χ0) is 9.84. The SMILES string of the molecule is Cc1cc(C(=O)N[C@@H](C)CO)co1. The number of furan rings is 1. The second-order valence-corrected chi connectivity index (χ2v) is 3.00. The average molecular weight is 183 g/mol.